The molecule has 0 radical (unpaired) electrons. The standard InChI is InChI=1S/C11H14N2O2/c1-8-4-2-6-10(12-8)13-11(14)9-5-3-7-15-9/h2,4,6,9H,3,5,7H2,1H3,(H,12,13,14)/t9-/m1/s1. The van der Waals surface area contributed by atoms with E-state index in [-0.39, 0.29) is 12.0 Å². The van der Waals surface area contributed by atoms with Gasteiger partial charge in [-0.15, -0.1) is 0 Å². The molecule has 2 rings (SSSR count). The molecule has 1 aliphatic heterocycles. The zero-order chi connectivity index (χ0) is 10.7. The number of anilines is 1. The van der Waals surface area contributed by atoms with Gasteiger partial charge in [-0.1, -0.05) is 6.07 Å². The molecule has 1 fully saturated rings. The summed E-state index contributed by atoms with van der Waals surface area (Å²) in [5, 5.41) is 2.75. The van der Waals surface area contributed by atoms with Crippen molar-refractivity contribution in [1.82, 2.24) is 4.98 Å². The first kappa shape index (κ1) is 10.1. The molecule has 4 heteroatoms. The first-order valence-electron chi connectivity index (χ1n) is 5.12. The second-order valence-electron chi connectivity index (χ2n) is 3.66. The summed E-state index contributed by atoms with van der Waals surface area (Å²) in [7, 11) is 0. The quantitative estimate of drug-likeness (QED) is 0.798. The number of hydrogen-bond donors (Lipinski definition) is 1. The van der Waals surface area contributed by atoms with Gasteiger partial charge in [0, 0.05) is 12.3 Å². The molecule has 2 heterocycles. The van der Waals surface area contributed by atoms with E-state index in [1.54, 1.807) is 6.07 Å². The summed E-state index contributed by atoms with van der Waals surface area (Å²) in [5.74, 6) is 0.501. The molecule has 15 heavy (non-hydrogen) atoms. The van der Waals surface area contributed by atoms with Crippen molar-refractivity contribution in [3.05, 3.63) is 23.9 Å². The number of carbonyl (C=O) groups is 1. The minimum Gasteiger partial charge on any atom is -0.368 e. The van der Waals surface area contributed by atoms with Gasteiger partial charge >= 0.3 is 0 Å². The Labute approximate surface area is 88.7 Å². The monoisotopic (exact) mass is 206 g/mol. The van der Waals surface area contributed by atoms with Crippen LogP contribution in [0.25, 0.3) is 0 Å². The SMILES string of the molecule is Cc1cccc(NC(=O)[C@H]2CCCO2)n1. The van der Waals surface area contributed by atoms with Gasteiger partial charge in [-0.3, -0.25) is 4.79 Å². The number of aryl methyl sites for hydroxylation is 1. The molecule has 1 amide bonds. The summed E-state index contributed by atoms with van der Waals surface area (Å²) in [5.41, 5.74) is 0.889. The van der Waals surface area contributed by atoms with Crippen LogP contribution in [0.3, 0.4) is 0 Å². The maximum atomic E-state index is 11.6. The van der Waals surface area contributed by atoms with E-state index >= 15 is 0 Å². The van der Waals surface area contributed by atoms with E-state index in [4.69, 9.17) is 4.74 Å². The normalized spacial score (nSPS) is 20.2. The molecule has 0 saturated carbocycles. The van der Waals surface area contributed by atoms with Crippen LogP contribution in [0.5, 0.6) is 0 Å². The molecule has 0 aliphatic carbocycles. The molecule has 0 unspecified atom stereocenters. The topological polar surface area (TPSA) is 51.2 Å². The van der Waals surface area contributed by atoms with E-state index in [0.29, 0.717) is 12.4 Å². The van der Waals surface area contributed by atoms with Crippen molar-refractivity contribution in [2.24, 2.45) is 0 Å². The predicted octanol–water partition coefficient (Wildman–Crippen LogP) is 1.51. The van der Waals surface area contributed by atoms with Gasteiger partial charge in [0.15, 0.2) is 0 Å². The highest BCUT2D eigenvalue weighted by Gasteiger charge is 2.23. The van der Waals surface area contributed by atoms with Crippen LogP contribution in [0.1, 0.15) is 18.5 Å². The summed E-state index contributed by atoms with van der Waals surface area (Å²) < 4.78 is 5.28. The fourth-order valence-corrected chi connectivity index (χ4v) is 1.60. The molecule has 1 aromatic rings. The van der Waals surface area contributed by atoms with Gasteiger partial charge in [-0.2, -0.15) is 0 Å². The van der Waals surface area contributed by atoms with E-state index in [2.05, 4.69) is 10.3 Å². The number of nitrogens with zero attached hydrogens (tertiary/aromatic N) is 1. The van der Waals surface area contributed by atoms with Gasteiger partial charge < -0.3 is 10.1 Å². The number of aromatic nitrogens is 1. The van der Waals surface area contributed by atoms with Crippen LogP contribution in [-0.2, 0) is 9.53 Å². The van der Waals surface area contributed by atoms with E-state index in [1.807, 2.05) is 19.1 Å². The largest absolute Gasteiger partial charge is 0.368 e. The minimum atomic E-state index is -0.299. The molecule has 1 saturated heterocycles. The van der Waals surface area contributed by atoms with E-state index < -0.39 is 0 Å². The van der Waals surface area contributed by atoms with Crippen LogP contribution in [0.4, 0.5) is 5.82 Å². The van der Waals surface area contributed by atoms with Crippen LogP contribution in [0.2, 0.25) is 0 Å². The number of nitrogens with one attached hydrogen (secondary N) is 1. The summed E-state index contributed by atoms with van der Waals surface area (Å²) >= 11 is 0. The summed E-state index contributed by atoms with van der Waals surface area (Å²) in [4.78, 5) is 15.8. The number of carbonyl (C=O) groups excluding carboxylic acids is 1. The molecule has 0 bridgehead atoms. The molecule has 1 aromatic heterocycles. The lowest BCUT2D eigenvalue weighted by molar-refractivity contribution is -0.124. The molecule has 80 valence electrons. The minimum absolute atomic E-state index is 0.0920. The number of amides is 1. The van der Waals surface area contributed by atoms with Gasteiger partial charge in [-0.05, 0) is 31.9 Å². The van der Waals surface area contributed by atoms with Crippen molar-refractivity contribution in [3.8, 4) is 0 Å². The highest BCUT2D eigenvalue weighted by molar-refractivity contribution is 5.93. The van der Waals surface area contributed by atoms with Gasteiger partial charge in [0.1, 0.15) is 11.9 Å². The van der Waals surface area contributed by atoms with Crippen molar-refractivity contribution >= 4 is 11.7 Å². The number of hydrogen-bond acceptors (Lipinski definition) is 3. The fourth-order valence-electron chi connectivity index (χ4n) is 1.60. The second-order valence-corrected chi connectivity index (χ2v) is 3.66. The van der Waals surface area contributed by atoms with Crippen molar-refractivity contribution < 1.29 is 9.53 Å². The Morgan fingerprint density at radius 2 is 2.47 bits per heavy atom. The zero-order valence-electron chi connectivity index (χ0n) is 8.69. The Bertz CT molecular complexity index is 359. The van der Waals surface area contributed by atoms with Crippen LogP contribution in [-0.4, -0.2) is 23.6 Å². The summed E-state index contributed by atoms with van der Waals surface area (Å²) in [6.07, 6.45) is 1.46. The van der Waals surface area contributed by atoms with Gasteiger partial charge in [0.05, 0.1) is 0 Å². The number of rotatable bonds is 2. The van der Waals surface area contributed by atoms with Crippen molar-refractivity contribution in [1.29, 1.82) is 0 Å². The number of pyridine rings is 1. The Balaban J connectivity index is 1.99. The van der Waals surface area contributed by atoms with Crippen LogP contribution in [0, 0.1) is 6.92 Å². The van der Waals surface area contributed by atoms with Crippen LogP contribution in [0.15, 0.2) is 18.2 Å². The smallest absolute Gasteiger partial charge is 0.254 e. The average molecular weight is 206 g/mol. The maximum Gasteiger partial charge on any atom is 0.254 e. The summed E-state index contributed by atoms with van der Waals surface area (Å²) in [6, 6.07) is 5.54. The Kier molecular flexibility index (Phi) is 2.97. The van der Waals surface area contributed by atoms with Crippen LogP contribution < -0.4 is 5.32 Å². The highest BCUT2D eigenvalue weighted by atomic mass is 16.5. The third-order valence-electron chi connectivity index (χ3n) is 2.36. The van der Waals surface area contributed by atoms with Crippen LogP contribution >= 0.6 is 0 Å². The number of ether oxygens (including phenoxy) is 1. The molecule has 1 atom stereocenters. The molecular formula is C11H14N2O2. The van der Waals surface area contributed by atoms with Crippen molar-refractivity contribution in [3.63, 3.8) is 0 Å². The third kappa shape index (κ3) is 2.53. The Morgan fingerprint density at radius 3 is 3.13 bits per heavy atom. The Hall–Kier alpha value is -1.42. The molecule has 0 aromatic carbocycles. The molecule has 4 nitrogen and oxygen atoms in total. The van der Waals surface area contributed by atoms with E-state index in [1.165, 1.54) is 0 Å². The zero-order valence-corrected chi connectivity index (χ0v) is 8.69. The lowest BCUT2D eigenvalue weighted by Crippen LogP contribution is -2.27. The average Bonchev–Trinajstić information content (AvgIpc) is 2.70. The predicted molar refractivity (Wildman–Crippen MR) is 56.6 cm³/mol. The fraction of sp³-hybridized carbons (Fsp3) is 0.455. The molecule has 0 spiro atoms. The van der Waals surface area contributed by atoms with E-state index in [9.17, 15) is 4.79 Å². The lowest BCUT2D eigenvalue weighted by atomic mass is 10.2. The molecule has 1 N–H and O–H groups in total. The van der Waals surface area contributed by atoms with Gasteiger partial charge in [-0.25, -0.2) is 4.98 Å². The first-order chi connectivity index (χ1) is 7.25. The highest BCUT2D eigenvalue weighted by Crippen LogP contribution is 2.14. The molecular weight excluding hydrogens is 192 g/mol. The van der Waals surface area contributed by atoms with Gasteiger partial charge in [0.2, 0.25) is 0 Å². The maximum absolute atomic E-state index is 11.6. The Morgan fingerprint density at radius 1 is 1.60 bits per heavy atom. The molecule has 1 aliphatic rings. The van der Waals surface area contributed by atoms with Crippen molar-refractivity contribution in [2.75, 3.05) is 11.9 Å². The van der Waals surface area contributed by atoms with Crippen molar-refractivity contribution in [2.45, 2.75) is 25.9 Å². The third-order valence-corrected chi connectivity index (χ3v) is 2.36. The second kappa shape index (κ2) is 4.40. The lowest BCUT2D eigenvalue weighted by Gasteiger charge is -2.09. The van der Waals surface area contributed by atoms with E-state index in [0.717, 1.165) is 18.5 Å². The van der Waals surface area contributed by atoms with Gasteiger partial charge in [0.25, 0.3) is 5.91 Å². The first-order valence-corrected chi connectivity index (χ1v) is 5.12. The summed E-state index contributed by atoms with van der Waals surface area (Å²) in [6.45, 7) is 2.57.